The van der Waals surface area contributed by atoms with Crippen molar-refractivity contribution in [2.45, 2.75) is 12.3 Å². The van der Waals surface area contributed by atoms with Gasteiger partial charge in [0.05, 0.1) is 11.1 Å². The van der Waals surface area contributed by atoms with Gasteiger partial charge in [0, 0.05) is 34.2 Å². The van der Waals surface area contributed by atoms with E-state index in [9.17, 15) is 52.7 Å². The van der Waals surface area contributed by atoms with Gasteiger partial charge in [0.15, 0.2) is 58.0 Å². The normalized spacial score (nSPS) is 13.4. The van der Waals surface area contributed by atoms with Crippen LogP contribution in [0.5, 0.6) is 17.2 Å². The fraction of sp³-hybridized carbons (Fsp3) is 0.0625. The summed E-state index contributed by atoms with van der Waals surface area (Å²) in [5.74, 6) is -55.7. The minimum absolute atomic E-state index is 0.248. The number of hydrogen-bond acceptors (Lipinski definition) is 3. The molecular formula is C32H5BF18O3. The minimum Gasteiger partial charge on any atom is -0.486 e. The van der Waals surface area contributed by atoms with Crippen LogP contribution in [-0.2, 0) is 12.3 Å². The molecule has 54 heavy (non-hydrogen) atoms. The maximum absolute atomic E-state index is 15.8. The van der Waals surface area contributed by atoms with Crippen molar-refractivity contribution in [2.75, 3.05) is 0 Å². The molecule has 0 atom stereocenters. The van der Waals surface area contributed by atoms with E-state index in [2.05, 4.69) is 9.31 Å². The highest BCUT2D eigenvalue weighted by Gasteiger charge is 2.56. The molecule has 5 aromatic rings. The van der Waals surface area contributed by atoms with Crippen LogP contribution in [-0.4, -0.2) is 7.32 Å². The highest BCUT2D eigenvalue weighted by molar-refractivity contribution is 6.39. The van der Waals surface area contributed by atoms with Crippen molar-refractivity contribution >= 4 is 7.32 Å². The summed E-state index contributed by atoms with van der Waals surface area (Å²) < 4.78 is 280. The van der Waals surface area contributed by atoms with Crippen molar-refractivity contribution in [3.8, 4) is 39.5 Å². The maximum Gasteiger partial charge on any atom is 0.864 e. The summed E-state index contributed by atoms with van der Waals surface area (Å²) in [6.45, 7) is 0. The van der Waals surface area contributed by atoms with Crippen LogP contribution in [0, 0.1) is 93.1 Å². The van der Waals surface area contributed by atoms with E-state index >= 15 is 26.3 Å². The maximum atomic E-state index is 15.8. The topological polar surface area (TPSA) is 27.7 Å². The van der Waals surface area contributed by atoms with Gasteiger partial charge in [-0.25, -0.2) is 52.7 Å². The van der Waals surface area contributed by atoms with Gasteiger partial charge in [-0.3, -0.25) is 0 Å². The Kier molecular flexibility index (Phi) is 8.26. The van der Waals surface area contributed by atoms with E-state index in [0.29, 0.717) is 6.07 Å². The van der Waals surface area contributed by atoms with Crippen molar-refractivity contribution in [3.63, 3.8) is 0 Å². The van der Waals surface area contributed by atoms with E-state index in [-0.39, 0.29) is 5.56 Å². The Balaban J connectivity index is 1.48. The van der Waals surface area contributed by atoms with Gasteiger partial charge in [-0.1, -0.05) is 12.1 Å². The molecule has 0 unspecified atom stereocenters. The van der Waals surface area contributed by atoms with Gasteiger partial charge < -0.3 is 14.0 Å². The van der Waals surface area contributed by atoms with Crippen molar-refractivity contribution in [1.82, 2.24) is 0 Å². The second kappa shape index (κ2) is 12.2. The largest absolute Gasteiger partial charge is 0.864 e. The lowest BCUT2D eigenvalue weighted by Gasteiger charge is -2.23. The SMILES string of the molecule is Fc1cccc2c1-c1c(F)c(F)c(F)c(OB(Oc3c(F)c(F)c(F)c(F)c3F)Oc3c(F)c(F)c(F)c4c3C(F)(F)c3c(F)c(F)c(F)c(F)c3-4)c1C2. The van der Waals surface area contributed by atoms with Gasteiger partial charge in [-0.2, -0.15) is 26.3 Å². The van der Waals surface area contributed by atoms with Crippen LogP contribution < -0.4 is 14.0 Å². The van der Waals surface area contributed by atoms with Crippen LogP contribution in [0.2, 0.25) is 0 Å². The average Bonchev–Trinajstić information content (AvgIpc) is 3.64. The second-order valence-corrected chi connectivity index (χ2v) is 11.2. The zero-order valence-corrected chi connectivity index (χ0v) is 25.0. The van der Waals surface area contributed by atoms with E-state index in [4.69, 9.17) is 4.65 Å². The molecule has 7 rings (SSSR count). The number of hydrogen-bond donors (Lipinski definition) is 0. The molecule has 0 aromatic heterocycles. The Morgan fingerprint density at radius 1 is 0.407 bits per heavy atom. The first-order chi connectivity index (χ1) is 25.2. The van der Waals surface area contributed by atoms with Crippen molar-refractivity contribution in [2.24, 2.45) is 0 Å². The molecule has 2 aliphatic rings. The number of benzene rings is 5. The molecular weight excluding hydrogens is 785 g/mol. The zero-order valence-electron chi connectivity index (χ0n) is 25.0. The Hall–Kier alpha value is -5.70. The molecule has 0 fully saturated rings. The third-order valence-electron chi connectivity index (χ3n) is 8.34. The molecule has 0 bridgehead atoms. The van der Waals surface area contributed by atoms with E-state index < -0.39 is 169 Å². The molecule has 3 nitrogen and oxygen atoms in total. The van der Waals surface area contributed by atoms with Crippen LogP contribution in [0.3, 0.4) is 0 Å². The minimum atomic E-state index is -5.52. The summed E-state index contributed by atoms with van der Waals surface area (Å²) in [4.78, 5) is 0. The summed E-state index contributed by atoms with van der Waals surface area (Å²) in [6.07, 6.45) is -0.848. The zero-order chi connectivity index (χ0) is 39.6. The van der Waals surface area contributed by atoms with Crippen molar-refractivity contribution < 1.29 is 93.0 Å². The molecule has 0 N–H and O–H groups in total. The molecule has 2 aliphatic carbocycles. The van der Waals surface area contributed by atoms with Crippen LogP contribution in [0.15, 0.2) is 18.2 Å². The Labute approximate surface area is 286 Å². The van der Waals surface area contributed by atoms with Gasteiger partial charge in [-0.15, -0.1) is 0 Å². The van der Waals surface area contributed by atoms with Gasteiger partial charge in [0.2, 0.25) is 40.7 Å². The molecule has 280 valence electrons. The lowest BCUT2D eigenvalue weighted by molar-refractivity contribution is 0.0401. The van der Waals surface area contributed by atoms with Crippen LogP contribution in [0.1, 0.15) is 22.3 Å². The Morgan fingerprint density at radius 2 is 0.815 bits per heavy atom. The quantitative estimate of drug-likeness (QED) is 0.0728. The highest BCUT2D eigenvalue weighted by atomic mass is 19.3. The third kappa shape index (κ3) is 4.83. The van der Waals surface area contributed by atoms with Crippen LogP contribution in [0.4, 0.5) is 79.0 Å². The molecule has 22 heteroatoms. The molecule has 0 spiro atoms. The first-order valence-corrected chi connectivity index (χ1v) is 14.2. The van der Waals surface area contributed by atoms with Crippen molar-refractivity contribution in [1.29, 1.82) is 0 Å². The van der Waals surface area contributed by atoms with Gasteiger partial charge in [-0.05, 0) is 11.6 Å². The Bertz CT molecular complexity index is 2500. The molecule has 0 radical (unpaired) electrons. The number of fused-ring (bicyclic) bond motifs is 6. The lowest BCUT2D eigenvalue weighted by atomic mass is 10.0. The monoisotopic (exact) mass is 790 g/mol. The van der Waals surface area contributed by atoms with E-state index in [1.54, 1.807) is 0 Å². The van der Waals surface area contributed by atoms with Gasteiger partial charge >= 0.3 is 13.2 Å². The van der Waals surface area contributed by atoms with Gasteiger partial charge in [0.25, 0.3) is 0 Å². The number of alkyl halides is 2. The molecule has 5 aromatic carbocycles. The van der Waals surface area contributed by atoms with E-state index in [1.807, 2.05) is 0 Å². The molecule has 0 heterocycles. The molecule has 0 saturated carbocycles. The predicted molar refractivity (Wildman–Crippen MR) is 143 cm³/mol. The van der Waals surface area contributed by atoms with Crippen molar-refractivity contribution in [3.05, 3.63) is 134 Å². The smallest absolute Gasteiger partial charge is 0.486 e. The summed E-state index contributed by atoms with van der Waals surface area (Å²) in [7, 11) is -3.80. The molecule has 0 amide bonds. The molecule has 0 aliphatic heterocycles. The summed E-state index contributed by atoms with van der Waals surface area (Å²) in [5, 5.41) is 0. The average molecular weight is 790 g/mol. The van der Waals surface area contributed by atoms with E-state index in [1.165, 1.54) is 0 Å². The summed E-state index contributed by atoms with van der Waals surface area (Å²) >= 11 is 0. The first-order valence-electron chi connectivity index (χ1n) is 14.2. The van der Waals surface area contributed by atoms with E-state index in [0.717, 1.165) is 12.1 Å². The number of rotatable bonds is 6. The summed E-state index contributed by atoms with van der Waals surface area (Å²) in [6, 6.07) is 2.80. The summed E-state index contributed by atoms with van der Waals surface area (Å²) in [5.41, 5.74) is -12.9. The molecule has 0 saturated heterocycles. The fourth-order valence-corrected chi connectivity index (χ4v) is 6.04. The Morgan fingerprint density at radius 3 is 1.41 bits per heavy atom. The number of halogens is 18. The van der Waals surface area contributed by atoms with Crippen LogP contribution in [0.25, 0.3) is 22.3 Å². The van der Waals surface area contributed by atoms with Crippen LogP contribution >= 0.6 is 0 Å². The fourth-order valence-electron chi connectivity index (χ4n) is 6.04. The standard InChI is InChI=1S/C32H5BF18O3/c34-7-3-1-2-5-4-6-9(8(5)7)14(35)19(40)25(46)29(6)52-33(54-31-27(48)23(44)22(43)24(45)28(31)49)53-30-13-11(16(37)20(41)26(30)47)10-12(32(13,50)51)17(38)21(42)18(39)15(10)36/h1-3H,4H2. The second-order valence-electron chi connectivity index (χ2n) is 11.2. The first kappa shape index (κ1) is 36.7. The third-order valence-corrected chi connectivity index (χ3v) is 8.34. The predicted octanol–water partition coefficient (Wildman–Crippen LogP) is 10.1. The lowest BCUT2D eigenvalue weighted by Crippen LogP contribution is -2.39. The van der Waals surface area contributed by atoms with Gasteiger partial charge in [0.1, 0.15) is 11.6 Å². The highest BCUT2D eigenvalue weighted by Crippen LogP contribution is 2.59.